The molecule has 8 aromatic heterocycles. The van der Waals surface area contributed by atoms with Gasteiger partial charge in [0.1, 0.15) is 5.76 Å². The Kier molecular flexibility index (Phi) is 18.0. The standard InChI is InChI=1S/C20H27N3OS.C20H26N2O2S.C20H24N2OS.C18H23N3OS/c1-12-17(13(2)22-21-12)16-6-14(9-25-16)18(24)23-11-20(5)8-15(23)7-19(3,4)10-20;1-12-17(13(2)24-21-12)16-6-14(9-25-16)18(23)22-11-20(5)8-15(22)7-19(3,4)10-20;1-19(2)9-16-10-20(3,12-19)13-22(16)18(23)15-8-17(24-11-15)14-4-6-21-7-5-14;1-17(2)5-14-6-18(3,10-17)11-21(14)16(22)12-4-15(23-9-12)13-7-19-20-8-13/h6,9,15H,7-8,10-11H2,1-5H3,(H,21,22);6,9,15H,7-8,10-11H2,1-5H3;4-8,11,16H,9-10,12-13H2,1-3H3;4,7-9,14H,5-6,10-11H2,1-3H3,(H,19,20). The zero-order chi connectivity index (χ0) is 69.2. The predicted octanol–water partition coefficient (Wildman–Crippen LogP) is 18.9. The largest absolute Gasteiger partial charge is 0.361 e. The number of hydrogen-bond acceptors (Lipinski definition) is 13. The fourth-order valence-electron chi connectivity index (χ4n) is 20.5. The van der Waals surface area contributed by atoms with Crippen LogP contribution < -0.4 is 0 Å². The molecule has 16 rings (SSSR count). The summed E-state index contributed by atoms with van der Waals surface area (Å²) >= 11 is 6.49. The number of carbonyl (C=O) groups is 4. The monoisotopic (exact) mass is 1380 g/mol. The molecule has 8 fully saturated rings. The van der Waals surface area contributed by atoms with Crippen molar-refractivity contribution in [1.29, 1.82) is 0 Å². The van der Waals surface area contributed by atoms with Gasteiger partial charge in [-0.15, -0.1) is 45.3 Å². The Morgan fingerprint density at radius 2 is 0.814 bits per heavy atom. The van der Waals surface area contributed by atoms with Gasteiger partial charge >= 0.3 is 0 Å². The zero-order valence-electron chi connectivity index (χ0n) is 60.0. The average molecular weight is 1390 g/mol. The van der Waals surface area contributed by atoms with Gasteiger partial charge in [-0.2, -0.15) is 10.2 Å². The van der Waals surface area contributed by atoms with Crippen LogP contribution in [0.2, 0.25) is 0 Å². The second-order valence-electron chi connectivity index (χ2n) is 35.1. The summed E-state index contributed by atoms with van der Waals surface area (Å²) in [6.45, 7) is 39.6. The molecule has 8 atom stereocenters. The molecule has 8 aromatic rings. The topological polar surface area (TPSA) is 178 Å². The quantitative estimate of drug-likeness (QED) is 0.150. The summed E-state index contributed by atoms with van der Waals surface area (Å²) in [5.74, 6) is 1.60. The highest BCUT2D eigenvalue weighted by Gasteiger charge is 2.55. The SMILES string of the molecule is CC1(C)CC2CC(C)(CN2C(=O)c2csc(-c3ccncc3)c2)C1.CC1(C)CC2CC(C)(CN2C(=O)c2csc(-c3cn[nH]c3)c2)C1.Cc1n[nH]c(C)c1-c1cc(C(=O)N2CC3(C)CC2CC(C)(C)C3)cs1.Cc1noc(C)c1-c1cc(C(=O)N2CC3(C)CC2CC(C)(C)C3)cs1. The van der Waals surface area contributed by atoms with E-state index in [0.29, 0.717) is 45.8 Å². The van der Waals surface area contributed by atoms with E-state index in [1.165, 1.54) is 25.7 Å². The van der Waals surface area contributed by atoms with Crippen molar-refractivity contribution >= 4 is 69.0 Å². The number of nitrogens with one attached hydrogen (secondary N) is 2. The van der Waals surface area contributed by atoms with Crippen molar-refractivity contribution < 1.29 is 23.7 Å². The minimum absolute atomic E-state index is 0.181. The number of rotatable bonds is 8. The smallest absolute Gasteiger partial charge is 0.254 e. The van der Waals surface area contributed by atoms with Gasteiger partial charge < -0.3 is 24.1 Å². The first-order chi connectivity index (χ1) is 45.6. The number of amides is 4. The first kappa shape index (κ1) is 69.0. The number of thiophene rings is 4. The summed E-state index contributed by atoms with van der Waals surface area (Å²) in [4.78, 5) is 69.6. The number of aryl methyl sites for hydroxylation is 4. The Bertz CT molecular complexity index is 4060. The van der Waals surface area contributed by atoms with Gasteiger partial charge in [0, 0.05) is 127 Å². The maximum atomic E-state index is 13.2. The van der Waals surface area contributed by atoms with Crippen LogP contribution >= 0.6 is 45.3 Å². The molecule has 2 N–H and O–H groups in total. The van der Waals surface area contributed by atoms with Gasteiger partial charge in [-0.1, -0.05) is 88.2 Å². The van der Waals surface area contributed by atoms with E-state index in [0.717, 1.165) is 164 Å². The summed E-state index contributed by atoms with van der Waals surface area (Å²) in [7, 11) is 0. The number of pyridine rings is 1. The number of aromatic nitrogens is 6. The molecule has 4 saturated carbocycles. The lowest BCUT2D eigenvalue weighted by atomic mass is 9.65. The van der Waals surface area contributed by atoms with E-state index in [2.05, 4.69) is 133 Å². The molecule has 19 heteroatoms. The third kappa shape index (κ3) is 14.3. The molecule has 516 valence electrons. The lowest BCUT2D eigenvalue weighted by molar-refractivity contribution is 0.0699. The Balaban J connectivity index is 0.000000117. The van der Waals surface area contributed by atoms with Gasteiger partial charge in [-0.3, -0.25) is 34.4 Å². The summed E-state index contributed by atoms with van der Waals surface area (Å²) in [5, 5.41) is 26.1. The van der Waals surface area contributed by atoms with Crippen LogP contribution in [0, 0.1) is 71.0 Å². The van der Waals surface area contributed by atoms with Gasteiger partial charge in [-0.25, -0.2) is 0 Å². The van der Waals surface area contributed by atoms with E-state index in [9.17, 15) is 19.2 Å². The maximum absolute atomic E-state index is 13.2. The van der Waals surface area contributed by atoms with Crippen LogP contribution in [0.3, 0.4) is 0 Å². The number of nitrogens with zero attached hydrogens (tertiary/aromatic N) is 8. The summed E-state index contributed by atoms with van der Waals surface area (Å²) < 4.78 is 5.27. The molecule has 15 nitrogen and oxygen atoms in total. The molecule has 0 radical (unpaired) electrons. The Morgan fingerprint density at radius 1 is 0.464 bits per heavy atom. The van der Waals surface area contributed by atoms with Gasteiger partial charge in [0.05, 0.1) is 45.4 Å². The normalized spacial score (nSPS) is 28.1. The van der Waals surface area contributed by atoms with Crippen LogP contribution in [0.1, 0.15) is 224 Å². The predicted molar refractivity (Wildman–Crippen MR) is 392 cm³/mol. The van der Waals surface area contributed by atoms with E-state index in [-0.39, 0.29) is 45.3 Å². The number of H-pyrrole nitrogens is 2. The van der Waals surface area contributed by atoms with E-state index in [4.69, 9.17) is 4.52 Å². The van der Waals surface area contributed by atoms with Crippen molar-refractivity contribution in [3.05, 3.63) is 128 Å². The second-order valence-corrected chi connectivity index (χ2v) is 38.8. The molecule has 0 aromatic carbocycles. The molecular formula is C78H100N10O5S4. The van der Waals surface area contributed by atoms with Crippen molar-refractivity contribution in [2.75, 3.05) is 26.2 Å². The molecule has 8 unspecified atom stereocenters. The van der Waals surface area contributed by atoms with Crippen LogP contribution in [0.4, 0.5) is 0 Å². The number of likely N-dealkylation sites (tertiary alicyclic amines) is 4. The number of aromatic amines is 2. The first-order valence-electron chi connectivity index (χ1n) is 35.0. The average Bonchev–Trinajstić information content (AvgIpc) is 1.63. The molecule has 4 amide bonds. The van der Waals surface area contributed by atoms with Crippen molar-refractivity contribution in [3.8, 4) is 41.8 Å². The lowest BCUT2D eigenvalue weighted by Crippen LogP contribution is -2.37. The van der Waals surface area contributed by atoms with Crippen molar-refractivity contribution in [3.63, 3.8) is 0 Å². The fraction of sp³-hybridized carbons (Fsp3) is 0.564. The van der Waals surface area contributed by atoms with Crippen LogP contribution in [0.5, 0.6) is 0 Å². The highest BCUT2D eigenvalue weighted by Crippen LogP contribution is 2.57. The third-order valence-electron chi connectivity index (χ3n) is 22.5. The van der Waals surface area contributed by atoms with Gasteiger partial charge in [-0.05, 0) is 190 Å². The zero-order valence-corrected chi connectivity index (χ0v) is 63.2. The molecule has 8 aliphatic rings. The molecule has 12 heterocycles. The fourth-order valence-corrected chi connectivity index (χ4v) is 24.3. The van der Waals surface area contributed by atoms with Crippen LogP contribution in [0.15, 0.2) is 87.2 Å². The van der Waals surface area contributed by atoms with E-state index >= 15 is 0 Å². The molecular weight excluding hydrogens is 1290 g/mol. The second kappa shape index (κ2) is 25.3. The molecule has 4 aliphatic carbocycles. The van der Waals surface area contributed by atoms with Crippen LogP contribution in [-0.4, -0.2) is 124 Å². The highest BCUT2D eigenvalue weighted by atomic mass is 32.1. The van der Waals surface area contributed by atoms with Crippen molar-refractivity contribution in [2.24, 2.45) is 43.3 Å². The van der Waals surface area contributed by atoms with Crippen LogP contribution in [0.25, 0.3) is 41.8 Å². The number of carbonyl (C=O) groups excluding carboxylic acids is 4. The molecule has 0 spiro atoms. The molecule has 4 aliphatic heterocycles. The minimum atomic E-state index is 0.181. The summed E-state index contributed by atoms with van der Waals surface area (Å²) in [5.41, 5.74) is 13.0. The van der Waals surface area contributed by atoms with Crippen molar-refractivity contribution in [1.82, 2.24) is 50.1 Å². The molecule has 4 saturated heterocycles. The Labute approximate surface area is 590 Å². The Hall–Kier alpha value is -6.54. The number of hydrogen-bond donors (Lipinski definition) is 2. The summed E-state index contributed by atoms with van der Waals surface area (Å²) in [6, 6.07) is 13.7. The minimum Gasteiger partial charge on any atom is -0.361 e. The van der Waals surface area contributed by atoms with Gasteiger partial charge in [0.2, 0.25) is 0 Å². The molecule has 97 heavy (non-hydrogen) atoms. The lowest BCUT2D eigenvalue weighted by Gasteiger charge is -2.39. The first-order valence-corrected chi connectivity index (χ1v) is 38.5. The van der Waals surface area contributed by atoms with E-state index in [1.807, 2.05) is 91.8 Å². The van der Waals surface area contributed by atoms with Gasteiger partial charge in [0.25, 0.3) is 23.6 Å². The van der Waals surface area contributed by atoms with E-state index < -0.39 is 0 Å². The summed E-state index contributed by atoms with van der Waals surface area (Å²) in [6.07, 6.45) is 21.2. The Morgan fingerprint density at radius 3 is 1.14 bits per heavy atom. The third-order valence-corrected chi connectivity index (χ3v) is 26.3. The maximum Gasteiger partial charge on any atom is 0.254 e. The highest BCUT2D eigenvalue weighted by molar-refractivity contribution is 7.14. The molecule has 8 bridgehead atoms. The van der Waals surface area contributed by atoms with Crippen LogP contribution in [-0.2, 0) is 0 Å². The van der Waals surface area contributed by atoms with E-state index in [1.54, 1.807) is 63.9 Å². The van der Waals surface area contributed by atoms with Crippen molar-refractivity contribution in [2.45, 2.75) is 212 Å². The van der Waals surface area contributed by atoms with Gasteiger partial charge in [0.15, 0.2) is 0 Å². The number of fused-ring (bicyclic) bond motifs is 8.